The second-order valence-corrected chi connectivity index (χ2v) is 9.76. The van der Waals surface area contributed by atoms with Crippen LogP contribution in [0.3, 0.4) is 0 Å². The van der Waals surface area contributed by atoms with Gasteiger partial charge in [-0.1, -0.05) is 30.3 Å². The second-order valence-electron chi connectivity index (χ2n) is 8.20. The Hall–Kier alpha value is -4.55. The van der Waals surface area contributed by atoms with Gasteiger partial charge in [0.1, 0.15) is 22.2 Å². The van der Waals surface area contributed by atoms with E-state index in [0.29, 0.717) is 11.5 Å². The van der Waals surface area contributed by atoms with Crippen molar-refractivity contribution in [3.8, 4) is 11.5 Å². The fraction of sp³-hybridized carbons (Fsp3) is 0.154. The molecular weight excluding hydrogens is 510 g/mol. The van der Waals surface area contributed by atoms with Gasteiger partial charge in [0.05, 0.1) is 32.2 Å². The lowest BCUT2D eigenvalue weighted by Crippen LogP contribution is -2.49. The van der Waals surface area contributed by atoms with Crippen molar-refractivity contribution in [2.24, 2.45) is 15.3 Å². The molecule has 4 aromatic carbocycles. The van der Waals surface area contributed by atoms with Crippen molar-refractivity contribution in [1.29, 1.82) is 0 Å². The average molecular weight is 536 g/mol. The molecule has 0 aliphatic carbocycles. The summed E-state index contributed by atoms with van der Waals surface area (Å²) >= 11 is 0. The predicted octanol–water partition coefficient (Wildman–Crippen LogP) is 0.311. The van der Waals surface area contributed by atoms with Crippen molar-refractivity contribution in [3.05, 3.63) is 109 Å². The monoisotopic (exact) mass is 535 g/mol. The molecule has 0 spiro atoms. The molecule has 0 aliphatic rings. The molecule has 4 rings (SSSR count). The summed E-state index contributed by atoms with van der Waals surface area (Å²) in [6, 6.07) is 18.2. The largest absolute Gasteiger partial charge is 0.497 e. The number of hydrogen-bond acceptors (Lipinski definition) is 10. The Kier molecular flexibility index (Phi) is 7.84. The first kappa shape index (κ1) is 26.5. The van der Waals surface area contributed by atoms with E-state index < -0.39 is 20.9 Å². The molecule has 0 radical (unpaired) electrons. The number of ether oxygens (including phenoxy) is 2. The zero-order valence-electron chi connectivity index (χ0n) is 20.6. The number of rotatable bonds is 9. The third kappa shape index (κ3) is 5.88. The van der Waals surface area contributed by atoms with Crippen molar-refractivity contribution in [2.75, 3.05) is 14.2 Å². The third-order valence-electron chi connectivity index (χ3n) is 5.73. The fourth-order valence-electron chi connectivity index (χ4n) is 3.69. The standard InChI is InChI=1S/C26H25N5O6S/c1-36-18-7-3-16(4-8-18)14-28-30-23-21-12-11-20(38(27,34)35)13-22(21)24(26(33)25(23)32)31-29-15-17-5-9-19(37-2)10-6-17/h3-13,28-29H,14-15H2,1-2H3,(H2,27,34,35)/b30-23-,31-24-. The number of nitrogens with zero attached hydrogens (tertiary/aromatic N) is 2. The Balaban J connectivity index is 1.76. The van der Waals surface area contributed by atoms with E-state index in [9.17, 15) is 18.0 Å². The van der Waals surface area contributed by atoms with Gasteiger partial charge < -0.3 is 20.3 Å². The normalized spacial score (nSPS) is 12.5. The van der Waals surface area contributed by atoms with Gasteiger partial charge in [-0.3, -0.25) is 9.59 Å². The zero-order chi connectivity index (χ0) is 27.3. The first-order valence-corrected chi connectivity index (χ1v) is 12.9. The topological polar surface area (TPSA) is 162 Å². The molecule has 0 aliphatic heterocycles. The minimum absolute atomic E-state index is 0.119. The highest BCUT2D eigenvalue weighted by Gasteiger charge is 2.15. The van der Waals surface area contributed by atoms with Crippen LogP contribution in [-0.2, 0) is 23.1 Å². The van der Waals surface area contributed by atoms with Crippen LogP contribution in [0.25, 0.3) is 10.8 Å². The van der Waals surface area contributed by atoms with E-state index in [4.69, 9.17) is 14.6 Å². The Morgan fingerprint density at radius 1 is 0.711 bits per heavy atom. The predicted molar refractivity (Wildman–Crippen MR) is 141 cm³/mol. The lowest BCUT2D eigenvalue weighted by atomic mass is 10.1. The highest BCUT2D eigenvalue weighted by Crippen LogP contribution is 2.13. The van der Waals surface area contributed by atoms with Crippen molar-refractivity contribution in [3.63, 3.8) is 0 Å². The van der Waals surface area contributed by atoms with Gasteiger partial charge in [0, 0.05) is 10.8 Å². The van der Waals surface area contributed by atoms with Gasteiger partial charge in [-0.2, -0.15) is 10.2 Å². The molecular formula is C26H25N5O6S. The quantitative estimate of drug-likeness (QED) is 0.204. The van der Waals surface area contributed by atoms with E-state index >= 15 is 0 Å². The van der Waals surface area contributed by atoms with Gasteiger partial charge >= 0.3 is 0 Å². The number of nitrogens with one attached hydrogen (secondary N) is 2. The summed E-state index contributed by atoms with van der Waals surface area (Å²) in [6.45, 7) is 0.507. The summed E-state index contributed by atoms with van der Waals surface area (Å²) in [5, 5.41) is 13.6. The van der Waals surface area contributed by atoms with Crippen LogP contribution < -0.4 is 47.0 Å². The van der Waals surface area contributed by atoms with Crippen LogP contribution in [0.4, 0.5) is 0 Å². The Bertz CT molecular complexity index is 1800. The minimum atomic E-state index is -4.09. The number of primary sulfonamides is 1. The molecule has 0 heterocycles. The molecule has 11 nitrogen and oxygen atoms in total. The molecule has 12 heteroatoms. The SMILES string of the molecule is COc1ccc(CN/N=c2\c(=O)c(=O)/c(=N\NCc3ccc(OC)cc3)c3cc(S(N)(=O)=O)ccc23)cc1. The van der Waals surface area contributed by atoms with E-state index in [0.717, 1.165) is 11.1 Å². The van der Waals surface area contributed by atoms with Gasteiger partial charge in [0.15, 0.2) is 0 Å². The van der Waals surface area contributed by atoms with Crippen LogP contribution >= 0.6 is 0 Å². The molecule has 0 amide bonds. The highest BCUT2D eigenvalue weighted by molar-refractivity contribution is 7.89. The summed E-state index contributed by atoms with van der Waals surface area (Å²) in [7, 11) is -0.961. The molecule has 196 valence electrons. The number of hydrogen-bond donors (Lipinski definition) is 3. The summed E-state index contributed by atoms with van der Waals surface area (Å²) in [6.07, 6.45) is 0. The Morgan fingerprint density at radius 2 is 1.16 bits per heavy atom. The smallest absolute Gasteiger partial charge is 0.255 e. The average Bonchev–Trinajstić information content (AvgIpc) is 2.92. The molecule has 0 saturated carbocycles. The van der Waals surface area contributed by atoms with Crippen LogP contribution in [0.5, 0.6) is 11.5 Å². The summed E-state index contributed by atoms with van der Waals surface area (Å²) < 4.78 is 34.2. The lowest BCUT2D eigenvalue weighted by Gasteiger charge is -2.06. The van der Waals surface area contributed by atoms with Crippen LogP contribution in [0.1, 0.15) is 11.1 Å². The first-order chi connectivity index (χ1) is 18.2. The number of sulfonamides is 1. The molecule has 0 atom stereocenters. The summed E-state index contributed by atoms with van der Waals surface area (Å²) in [4.78, 5) is 25.8. The molecule has 0 fully saturated rings. The van der Waals surface area contributed by atoms with E-state index in [1.54, 1.807) is 38.5 Å². The molecule has 4 aromatic rings. The molecule has 0 saturated heterocycles. The number of methoxy groups -OCH3 is 2. The number of nitrogens with two attached hydrogens (primary N) is 1. The highest BCUT2D eigenvalue weighted by atomic mass is 32.2. The van der Waals surface area contributed by atoms with Gasteiger partial charge in [0.2, 0.25) is 10.0 Å². The third-order valence-corrected chi connectivity index (χ3v) is 6.64. The van der Waals surface area contributed by atoms with Gasteiger partial charge in [-0.15, -0.1) is 0 Å². The van der Waals surface area contributed by atoms with Crippen molar-refractivity contribution in [2.45, 2.75) is 18.0 Å². The van der Waals surface area contributed by atoms with E-state index in [1.165, 1.54) is 18.2 Å². The molecule has 0 unspecified atom stereocenters. The van der Waals surface area contributed by atoms with Crippen LogP contribution in [0, 0.1) is 0 Å². The molecule has 38 heavy (non-hydrogen) atoms. The lowest BCUT2D eigenvalue weighted by molar-refractivity contribution is 0.414. The first-order valence-electron chi connectivity index (χ1n) is 11.3. The molecule has 0 aromatic heterocycles. The Morgan fingerprint density at radius 3 is 1.58 bits per heavy atom. The van der Waals surface area contributed by atoms with Crippen molar-refractivity contribution < 1.29 is 17.9 Å². The number of benzene rings is 4. The van der Waals surface area contributed by atoms with Crippen LogP contribution in [0.15, 0.2) is 91.4 Å². The Labute approximate surface area is 217 Å². The summed E-state index contributed by atoms with van der Waals surface area (Å²) in [5.41, 5.74) is 5.46. The second kappa shape index (κ2) is 11.2. The van der Waals surface area contributed by atoms with E-state index in [2.05, 4.69) is 21.1 Å². The maximum Gasteiger partial charge on any atom is 0.255 e. The van der Waals surface area contributed by atoms with Gasteiger partial charge in [-0.05, 0) is 47.5 Å². The maximum atomic E-state index is 13.0. The van der Waals surface area contributed by atoms with Crippen molar-refractivity contribution >= 4 is 20.8 Å². The van der Waals surface area contributed by atoms with Crippen LogP contribution in [0.2, 0.25) is 0 Å². The van der Waals surface area contributed by atoms with E-state index in [-0.39, 0.29) is 39.5 Å². The van der Waals surface area contributed by atoms with Gasteiger partial charge in [0.25, 0.3) is 10.9 Å². The van der Waals surface area contributed by atoms with Crippen LogP contribution in [-0.4, -0.2) is 22.6 Å². The van der Waals surface area contributed by atoms with Gasteiger partial charge in [-0.25, -0.2) is 13.6 Å². The van der Waals surface area contributed by atoms with E-state index in [1.807, 2.05) is 24.3 Å². The van der Waals surface area contributed by atoms with Crippen molar-refractivity contribution in [1.82, 2.24) is 10.9 Å². The number of fused-ring (bicyclic) bond motifs is 1. The molecule has 0 bridgehead atoms. The maximum absolute atomic E-state index is 13.0. The minimum Gasteiger partial charge on any atom is -0.497 e. The summed E-state index contributed by atoms with van der Waals surface area (Å²) in [5.74, 6) is 1.38. The zero-order valence-corrected chi connectivity index (χ0v) is 21.4. The molecule has 4 N–H and O–H groups in total. The fourth-order valence-corrected chi connectivity index (χ4v) is 4.23.